The molecule has 0 aromatic carbocycles. The summed E-state index contributed by atoms with van der Waals surface area (Å²) in [5.41, 5.74) is 0.484. The summed E-state index contributed by atoms with van der Waals surface area (Å²) >= 11 is 4.89. The Bertz CT molecular complexity index is 183. The number of carbonyl (C=O) groups is 1. The summed E-state index contributed by atoms with van der Waals surface area (Å²) in [5, 5.41) is 0. The zero-order valence-corrected chi connectivity index (χ0v) is 13.4. The predicted octanol–water partition coefficient (Wildman–Crippen LogP) is 2.24. The van der Waals surface area contributed by atoms with Crippen molar-refractivity contribution in [1.29, 1.82) is 0 Å². The molecule has 0 unspecified atom stereocenters. The monoisotopic (exact) mass is 424 g/mol. The maximum Gasteiger partial charge on any atom is 0.333 e. The van der Waals surface area contributed by atoms with E-state index in [4.69, 9.17) is 4.74 Å². The van der Waals surface area contributed by atoms with E-state index in [1.54, 1.807) is 6.92 Å². The Kier molecular flexibility index (Phi) is 8.78. The molecular formula is C8H14I2O2Si. The first kappa shape index (κ1) is 13.9. The van der Waals surface area contributed by atoms with Crippen molar-refractivity contribution in [3.63, 3.8) is 0 Å². The van der Waals surface area contributed by atoms with Gasteiger partial charge in [0.1, 0.15) is 0 Å². The van der Waals surface area contributed by atoms with Gasteiger partial charge >= 0.3 is 5.97 Å². The van der Waals surface area contributed by atoms with Crippen molar-refractivity contribution in [2.45, 2.75) is 20.9 Å². The summed E-state index contributed by atoms with van der Waals surface area (Å²) in [4.78, 5) is 10.9. The third kappa shape index (κ3) is 9.20. The Labute approximate surface area is 109 Å². The summed E-state index contributed by atoms with van der Waals surface area (Å²) in [5.74, 6) is -0.262. The van der Waals surface area contributed by atoms with Crippen molar-refractivity contribution in [3.8, 4) is 0 Å². The van der Waals surface area contributed by atoms with Crippen LogP contribution in [0.25, 0.3) is 0 Å². The maximum atomic E-state index is 10.9. The van der Waals surface area contributed by atoms with Crippen LogP contribution in [0.15, 0.2) is 12.2 Å². The summed E-state index contributed by atoms with van der Waals surface area (Å²) in [6, 6.07) is 1.25. The lowest BCUT2D eigenvalue weighted by Gasteiger charge is -2.03. The summed E-state index contributed by atoms with van der Waals surface area (Å²) < 4.78 is 5.78. The van der Waals surface area contributed by atoms with E-state index < -0.39 is 0 Å². The SMILES string of the molecule is C=C(C)C(=O)OCCC[SiH2]C(I)I. The largest absolute Gasteiger partial charge is 0.462 e. The third-order valence-corrected chi connectivity index (χ3v) is 6.48. The number of esters is 1. The summed E-state index contributed by atoms with van der Waals surface area (Å²) in [6.07, 6.45) is 1.01. The smallest absolute Gasteiger partial charge is 0.333 e. The second kappa shape index (κ2) is 8.22. The molecule has 0 atom stereocenters. The van der Waals surface area contributed by atoms with E-state index in [0.717, 1.165) is 7.98 Å². The van der Waals surface area contributed by atoms with Gasteiger partial charge in [0.05, 0.1) is 6.61 Å². The molecule has 0 saturated carbocycles. The van der Waals surface area contributed by atoms with Gasteiger partial charge in [-0.15, -0.1) is 0 Å². The molecule has 0 bridgehead atoms. The minimum atomic E-state index is -0.262. The van der Waals surface area contributed by atoms with Gasteiger partial charge in [-0.05, 0) is 13.3 Å². The first-order valence-corrected chi connectivity index (χ1v) is 8.45. The van der Waals surface area contributed by atoms with Crippen LogP contribution >= 0.6 is 45.2 Å². The molecule has 0 N–H and O–H groups in total. The van der Waals surface area contributed by atoms with Crippen molar-refractivity contribution in [3.05, 3.63) is 12.2 Å². The number of hydrogen-bond acceptors (Lipinski definition) is 2. The molecule has 5 heteroatoms. The molecule has 0 heterocycles. The highest BCUT2D eigenvalue weighted by Gasteiger charge is 2.02. The Morgan fingerprint density at radius 2 is 2.23 bits per heavy atom. The van der Waals surface area contributed by atoms with Gasteiger partial charge < -0.3 is 4.74 Å². The van der Waals surface area contributed by atoms with Gasteiger partial charge in [0.15, 0.2) is 0 Å². The van der Waals surface area contributed by atoms with Crippen molar-refractivity contribution in [2.24, 2.45) is 0 Å². The van der Waals surface area contributed by atoms with Crippen LogP contribution in [0.3, 0.4) is 0 Å². The number of hydrogen-bond donors (Lipinski definition) is 0. The molecule has 0 spiro atoms. The fraction of sp³-hybridized carbons (Fsp3) is 0.625. The molecule has 0 fully saturated rings. The fourth-order valence-corrected chi connectivity index (χ4v) is 4.13. The quantitative estimate of drug-likeness (QED) is 0.163. The second-order valence-corrected chi connectivity index (χ2v) is 13.6. The van der Waals surface area contributed by atoms with Gasteiger partial charge in [-0.3, -0.25) is 0 Å². The normalized spacial score (nSPS) is 11.1. The highest BCUT2D eigenvalue weighted by molar-refractivity contribution is 14.2. The molecule has 0 aliphatic rings. The number of carbonyl (C=O) groups excluding carboxylic acids is 1. The molecule has 0 aliphatic heterocycles. The molecule has 0 saturated heterocycles. The molecule has 0 rings (SSSR count). The van der Waals surface area contributed by atoms with Crippen LogP contribution in [0, 0.1) is 0 Å². The number of alkyl halides is 2. The van der Waals surface area contributed by atoms with E-state index in [0.29, 0.717) is 12.2 Å². The van der Waals surface area contributed by atoms with E-state index in [2.05, 4.69) is 51.8 Å². The molecule has 2 nitrogen and oxygen atoms in total. The molecule has 0 aliphatic carbocycles. The first-order chi connectivity index (χ1) is 6.04. The molecule has 13 heavy (non-hydrogen) atoms. The Morgan fingerprint density at radius 1 is 1.62 bits per heavy atom. The van der Waals surface area contributed by atoms with Gasteiger partial charge in [0, 0.05) is 16.6 Å². The average molecular weight is 424 g/mol. The Balaban J connectivity index is 3.26. The molecular weight excluding hydrogens is 410 g/mol. The predicted molar refractivity (Wildman–Crippen MR) is 75.6 cm³/mol. The lowest BCUT2D eigenvalue weighted by atomic mass is 10.4. The minimum absolute atomic E-state index is 0.0414. The van der Waals surface area contributed by atoms with Crippen LogP contribution in [0.2, 0.25) is 6.04 Å². The van der Waals surface area contributed by atoms with Gasteiger partial charge in [-0.1, -0.05) is 57.8 Å². The van der Waals surface area contributed by atoms with Gasteiger partial charge in [0.2, 0.25) is 0 Å². The lowest BCUT2D eigenvalue weighted by Crippen LogP contribution is -2.08. The van der Waals surface area contributed by atoms with Crippen LogP contribution in [-0.2, 0) is 9.53 Å². The average Bonchev–Trinajstić information content (AvgIpc) is 2.02. The van der Waals surface area contributed by atoms with E-state index in [9.17, 15) is 4.79 Å². The van der Waals surface area contributed by atoms with Gasteiger partial charge in [-0.2, -0.15) is 0 Å². The summed E-state index contributed by atoms with van der Waals surface area (Å²) in [7, 11) is 0.0414. The zero-order valence-electron chi connectivity index (χ0n) is 7.69. The van der Waals surface area contributed by atoms with E-state index in [1.807, 2.05) is 0 Å². The third-order valence-electron chi connectivity index (χ3n) is 1.40. The second-order valence-electron chi connectivity index (χ2n) is 2.80. The topological polar surface area (TPSA) is 26.3 Å². The van der Waals surface area contributed by atoms with E-state index in [1.165, 1.54) is 6.04 Å². The van der Waals surface area contributed by atoms with Gasteiger partial charge in [-0.25, -0.2) is 4.79 Å². The van der Waals surface area contributed by atoms with Crippen LogP contribution < -0.4 is 0 Å². The highest BCUT2D eigenvalue weighted by Crippen LogP contribution is 2.10. The Morgan fingerprint density at radius 3 is 2.69 bits per heavy atom. The van der Waals surface area contributed by atoms with Crippen LogP contribution in [0.4, 0.5) is 0 Å². The first-order valence-electron chi connectivity index (χ1n) is 4.15. The minimum Gasteiger partial charge on any atom is -0.462 e. The molecule has 0 aromatic heterocycles. The Hall–Kier alpha value is 0.887. The van der Waals surface area contributed by atoms with Crippen LogP contribution in [0.5, 0.6) is 0 Å². The highest BCUT2D eigenvalue weighted by atomic mass is 127. The van der Waals surface area contributed by atoms with Crippen LogP contribution in [-0.4, -0.2) is 23.7 Å². The standard InChI is InChI=1S/C8H14I2O2Si/c1-6(2)7(11)12-4-3-5-13-8(9)10/h8H,1,3-5,13H2,2H3. The van der Waals surface area contributed by atoms with Crippen molar-refractivity contribution in [2.75, 3.05) is 6.61 Å². The molecule has 0 radical (unpaired) electrons. The van der Waals surface area contributed by atoms with E-state index in [-0.39, 0.29) is 15.5 Å². The summed E-state index contributed by atoms with van der Waals surface area (Å²) in [6.45, 7) is 5.74. The number of halogens is 2. The zero-order chi connectivity index (χ0) is 10.3. The lowest BCUT2D eigenvalue weighted by molar-refractivity contribution is -0.138. The van der Waals surface area contributed by atoms with Crippen LogP contribution in [0.1, 0.15) is 13.3 Å². The molecule has 0 amide bonds. The fourth-order valence-electron chi connectivity index (χ4n) is 0.689. The van der Waals surface area contributed by atoms with Crippen molar-refractivity contribution < 1.29 is 9.53 Å². The number of ether oxygens (including phenoxy) is 1. The maximum absolute atomic E-state index is 10.9. The van der Waals surface area contributed by atoms with Gasteiger partial charge in [0.25, 0.3) is 0 Å². The van der Waals surface area contributed by atoms with Crippen molar-refractivity contribution in [1.82, 2.24) is 0 Å². The molecule has 76 valence electrons. The van der Waals surface area contributed by atoms with E-state index >= 15 is 0 Å². The van der Waals surface area contributed by atoms with Crippen molar-refractivity contribution >= 4 is 60.7 Å². The number of rotatable bonds is 6. The molecule has 0 aromatic rings.